The summed E-state index contributed by atoms with van der Waals surface area (Å²) in [6, 6.07) is 6.05. The highest BCUT2D eigenvalue weighted by atomic mass is 79.9. The molecule has 1 heterocycles. The first kappa shape index (κ1) is 14.3. The Labute approximate surface area is 121 Å². The Balaban J connectivity index is 2.19. The van der Waals surface area contributed by atoms with Gasteiger partial charge in [-0.15, -0.1) is 0 Å². The second kappa shape index (κ2) is 5.51. The molecule has 0 amide bonds. The quantitative estimate of drug-likeness (QED) is 0.895. The summed E-state index contributed by atoms with van der Waals surface area (Å²) >= 11 is 3.53. The smallest absolute Gasteiger partial charge is 0.306 e. The number of aryl methyl sites for hydroxylation is 1. The third-order valence-electron chi connectivity index (χ3n) is 3.48. The van der Waals surface area contributed by atoms with E-state index >= 15 is 0 Å². The maximum atomic E-state index is 10.8. The summed E-state index contributed by atoms with van der Waals surface area (Å²) < 4.78 is 0.979. The minimum absolute atomic E-state index is 0.201. The van der Waals surface area contributed by atoms with Gasteiger partial charge in [0.05, 0.1) is 17.7 Å². The number of anilines is 1. The topological polar surface area (TPSA) is 60.8 Å². The van der Waals surface area contributed by atoms with Crippen molar-refractivity contribution in [3.05, 3.63) is 28.2 Å². The highest BCUT2D eigenvalue weighted by molar-refractivity contribution is 9.10. The number of rotatable bonds is 3. The second-order valence-corrected chi connectivity index (χ2v) is 6.13. The summed E-state index contributed by atoms with van der Waals surface area (Å²) in [4.78, 5) is 12.9. The average molecular weight is 328 g/mol. The zero-order valence-electron chi connectivity index (χ0n) is 10.9. The number of halogens is 1. The van der Waals surface area contributed by atoms with Gasteiger partial charge in [-0.3, -0.25) is 4.79 Å². The van der Waals surface area contributed by atoms with Gasteiger partial charge in [0, 0.05) is 17.6 Å². The molecule has 0 aliphatic carbocycles. The summed E-state index contributed by atoms with van der Waals surface area (Å²) in [5.74, 6) is -0.952. The largest absolute Gasteiger partial charge is 0.481 e. The van der Waals surface area contributed by atoms with Gasteiger partial charge in [-0.05, 0) is 53.4 Å². The first-order chi connectivity index (χ1) is 8.89. The van der Waals surface area contributed by atoms with Crippen LogP contribution in [0.1, 0.15) is 24.8 Å². The van der Waals surface area contributed by atoms with Crippen molar-refractivity contribution in [3.63, 3.8) is 0 Å². The van der Waals surface area contributed by atoms with E-state index in [4.69, 9.17) is 5.11 Å². The summed E-state index contributed by atoms with van der Waals surface area (Å²) in [6.07, 6.45) is 1.14. The molecule has 0 spiro atoms. The van der Waals surface area contributed by atoms with Gasteiger partial charge in [-0.2, -0.15) is 0 Å². The van der Waals surface area contributed by atoms with E-state index < -0.39 is 11.6 Å². The number of β-amino-alcohol motifs (C(OH)–C–C–N with tert-alkyl or cyclic N) is 1. The molecule has 1 unspecified atom stereocenters. The summed E-state index contributed by atoms with van der Waals surface area (Å²) in [5, 5.41) is 19.3. The SMILES string of the molecule is Cc1ccc(N2CCCC(O)(CC(=O)O)C2)c(Br)c1. The van der Waals surface area contributed by atoms with Gasteiger partial charge in [-0.25, -0.2) is 0 Å². The summed E-state index contributed by atoms with van der Waals surface area (Å²) in [7, 11) is 0. The lowest BCUT2D eigenvalue weighted by molar-refractivity contribution is -0.142. The molecule has 104 valence electrons. The van der Waals surface area contributed by atoms with E-state index in [0.717, 1.165) is 28.7 Å². The lowest BCUT2D eigenvalue weighted by atomic mass is 9.89. The number of piperidine rings is 1. The number of carboxylic acid groups (broad SMARTS) is 1. The van der Waals surface area contributed by atoms with E-state index in [1.54, 1.807) is 0 Å². The molecule has 1 atom stereocenters. The van der Waals surface area contributed by atoms with Crippen LogP contribution in [0.4, 0.5) is 5.69 Å². The van der Waals surface area contributed by atoms with Crippen molar-refractivity contribution >= 4 is 27.6 Å². The number of benzene rings is 1. The maximum absolute atomic E-state index is 10.8. The van der Waals surface area contributed by atoms with E-state index in [1.807, 2.05) is 25.1 Å². The fourth-order valence-corrected chi connectivity index (χ4v) is 3.36. The highest BCUT2D eigenvalue weighted by Crippen LogP contribution is 2.33. The van der Waals surface area contributed by atoms with Crippen molar-refractivity contribution in [2.24, 2.45) is 0 Å². The van der Waals surface area contributed by atoms with E-state index in [9.17, 15) is 9.90 Å². The Morgan fingerprint density at radius 3 is 2.89 bits per heavy atom. The molecule has 1 aromatic carbocycles. The van der Waals surface area contributed by atoms with Gasteiger partial charge in [0.1, 0.15) is 0 Å². The zero-order chi connectivity index (χ0) is 14.0. The Bertz CT molecular complexity index is 492. The van der Waals surface area contributed by atoms with Crippen LogP contribution < -0.4 is 4.90 Å². The van der Waals surface area contributed by atoms with E-state index in [-0.39, 0.29) is 6.42 Å². The molecule has 1 saturated heterocycles. The van der Waals surface area contributed by atoms with Crippen LogP contribution in [0.25, 0.3) is 0 Å². The number of hydrogen-bond donors (Lipinski definition) is 2. The van der Waals surface area contributed by atoms with Crippen molar-refractivity contribution < 1.29 is 15.0 Å². The summed E-state index contributed by atoms with van der Waals surface area (Å²) in [5.41, 5.74) is 1.04. The van der Waals surface area contributed by atoms with Gasteiger partial charge >= 0.3 is 5.97 Å². The molecule has 0 saturated carbocycles. The lowest BCUT2D eigenvalue weighted by Crippen LogP contribution is -2.49. The van der Waals surface area contributed by atoms with Crippen LogP contribution in [0.15, 0.2) is 22.7 Å². The Hall–Kier alpha value is -1.07. The van der Waals surface area contributed by atoms with Gasteiger partial charge in [0.2, 0.25) is 0 Å². The minimum Gasteiger partial charge on any atom is -0.481 e. The third kappa shape index (κ3) is 3.48. The van der Waals surface area contributed by atoms with Crippen LogP contribution in [0.2, 0.25) is 0 Å². The number of carbonyl (C=O) groups is 1. The molecule has 19 heavy (non-hydrogen) atoms. The molecule has 0 aromatic heterocycles. The number of nitrogens with zero attached hydrogens (tertiary/aromatic N) is 1. The van der Waals surface area contributed by atoms with Crippen LogP contribution in [-0.2, 0) is 4.79 Å². The van der Waals surface area contributed by atoms with Crippen LogP contribution in [0.5, 0.6) is 0 Å². The van der Waals surface area contributed by atoms with Gasteiger partial charge in [-0.1, -0.05) is 6.07 Å². The fourth-order valence-electron chi connectivity index (χ4n) is 2.61. The third-order valence-corrected chi connectivity index (χ3v) is 4.11. The Morgan fingerprint density at radius 1 is 1.53 bits per heavy atom. The van der Waals surface area contributed by atoms with Gasteiger partial charge in [0.25, 0.3) is 0 Å². The van der Waals surface area contributed by atoms with Gasteiger partial charge in [0.15, 0.2) is 0 Å². The monoisotopic (exact) mass is 327 g/mol. The normalized spacial score (nSPS) is 23.4. The molecule has 2 rings (SSSR count). The molecule has 0 bridgehead atoms. The Kier molecular flexibility index (Phi) is 4.16. The van der Waals surface area contributed by atoms with E-state index in [2.05, 4.69) is 20.8 Å². The van der Waals surface area contributed by atoms with Crippen LogP contribution in [0.3, 0.4) is 0 Å². The van der Waals surface area contributed by atoms with Crippen LogP contribution >= 0.6 is 15.9 Å². The minimum atomic E-state index is -1.13. The van der Waals surface area contributed by atoms with Crippen molar-refractivity contribution in [2.45, 2.75) is 31.8 Å². The first-order valence-electron chi connectivity index (χ1n) is 6.35. The first-order valence-corrected chi connectivity index (χ1v) is 7.14. The molecular weight excluding hydrogens is 310 g/mol. The predicted molar refractivity (Wildman–Crippen MR) is 77.5 cm³/mol. The molecule has 1 fully saturated rings. The Morgan fingerprint density at radius 2 is 2.26 bits per heavy atom. The molecule has 5 heteroatoms. The molecule has 4 nitrogen and oxygen atoms in total. The maximum Gasteiger partial charge on any atom is 0.306 e. The summed E-state index contributed by atoms with van der Waals surface area (Å²) in [6.45, 7) is 3.22. The second-order valence-electron chi connectivity index (χ2n) is 5.27. The number of hydrogen-bond acceptors (Lipinski definition) is 3. The molecule has 2 N–H and O–H groups in total. The average Bonchev–Trinajstić information content (AvgIpc) is 2.26. The molecular formula is C14H18BrNO3. The molecule has 1 aromatic rings. The number of aliphatic carboxylic acids is 1. The predicted octanol–water partition coefficient (Wildman–Crippen LogP) is 2.56. The zero-order valence-corrected chi connectivity index (χ0v) is 12.5. The highest BCUT2D eigenvalue weighted by Gasteiger charge is 2.35. The fraction of sp³-hybridized carbons (Fsp3) is 0.500. The molecule has 1 aliphatic rings. The van der Waals surface area contributed by atoms with Crippen molar-refractivity contribution in [1.29, 1.82) is 0 Å². The van der Waals surface area contributed by atoms with Crippen molar-refractivity contribution in [1.82, 2.24) is 0 Å². The molecule has 1 aliphatic heterocycles. The van der Waals surface area contributed by atoms with E-state index in [1.165, 1.54) is 0 Å². The molecule has 0 radical (unpaired) electrons. The van der Waals surface area contributed by atoms with Crippen LogP contribution in [0, 0.1) is 6.92 Å². The van der Waals surface area contributed by atoms with Crippen LogP contribution in [-0.4, -0.2) is 34.9 Å². The van der Waals surface area contributed by atoms with Gasteiger partial charge < -0.3 is 15.1 Å². The number of carboxylic acids is 1. The lowest BCUT2D eigenvalue weighted by Gasteiger charge is -2.40. The number of aliphatic hydroxyl groups is 1. The van der Waals surface area contributed by atoms with E-state index in [0.29, 0.717) is 13.0 Å². The van der Waals surface area contributed by atoms with Crippen molar-refractivity contribution in [2.75, 3.05) is 18.0 Å². The standard InChI is InChI=1S/C14H18BrNO3/c1-10-3-4-12(11(15)7-10)16-6-2-5-14(19,9-16)8-13(17)18/h3-4,7,19H,2,5-6,8-9H2,1H3,(H,17,18). The van der Waals surface area contributed by atoms with Crippen molar-refractivity contribution in [3.8, 4) is 0 Å².